The summed E-state index contributed by atoms with van der Waals surface area (Å²) in [5.74, 6) is -2.36. The minimum atomic E-state index is -1.85. The lowest BCUT2D eigenvalue weighted by Gasteiger charge is -2.13. The molecule has 4 N–H and O–H groups in total. The number of nitrogens with zero attached hydrogens (tertiary/aromatic N) is 4. The Morgan fingerprint density at radius 1 is 1.20 bits per heavy atom. The normalized spacial score (nSPS) is 11.2. The Morgan fingerprint density at radius 2 is 1.75 bits per heavy atom. The molecule has 0 fully saturated rings. The SMILES string of the molecule is Cn1cnc2c1c(=O)n(C(C(N)=O)C(N)=O)c(=O)n2C. The van der Waals surface area contributed by atoms with Crippen molar-refractivity contribution in [2.24, 2.45) is 25.6 Å². The lowest BCUT2D eigenvalue weighted by Crippen LogP contribution is -2.50. The molecule has 0 atom stereocenters. The fourth-order valence-electron chi connectivity index (χ4n) is 1.99. The first-order valence-electron chi connectivity index (χ1n) is 5.48. The Labute approximate surface area is 111 Å². The van der Waals surface area contributed by atoms with Gasteiger partial charge in [0.05, 0.1) is 6.33 Å². The smallest absolute Gasteiger partial charge is 0.333 e. The zero-order valence-corrected chi connectivity index (χ0v) is 10.7. The number of carbonyl (C=O) groups excluding carboxylic acids is 2. The van der Waals surface area contributed by atoms with E-state index in [0.29, 0.717) is 4.57 Å². The van der Waals surface area contributed by atoms with Crippen molar-refractivity contribution < 1.29 is 9.59 Å². The molecule has 20 heavy (non-hydrogen) atoms. The van der Waals surface area contributed by atoms with Crippen LogP contribution in [0.15, 0.2) is 15.9 Å². The maximum atomic E-state index is 12.3. The molecule has 2 rings (SSSR count). The highest BCUT2D eigenvalue weighted by Crippen LogP contribution is 2.06. The van der Waals surface area contributed by atoms with E-state index in [4.69, 9.17) is 11.5 Å². The van der Waals surface area contributed by atoms with Crippen LogP contribution in [-0.4, -0.2) is 30.5 Å². The topological polar surface area (TPSA) is 148 Å². The van der Waals surface area contributed by atoms with E-state index < -0.39 is 29.1 Å². The molecule has 0 unspecified atom stereocenters. The Hall–Kier alpha value is -2.91. The summed E-state index contributed by atoms with van der Waals surface area (Å²) < 4.78 is 2.84. The van der Waals surface area contributed by atoms with Crippen LogP contribution in [0.25, 0.3) is 11.2 Å². The van der Waals surface area contributed by atoms with E-state index in [0.717, 1.165) is 4.57 Å². The lowest BCUT2D eigenvalue weighted by atomic mass is 10.2. The van der Waals surface area contributed by atoms with E-state index in [1.807, 2.05) is 0 Å². The molecule has 10 nitrogen and oxygen atoms in total. The second kappa shape index (κ2) is 4.33. The Kier molecular flexibility index (Phi) is 2.93. The molecule has 0 saturated carbocycles. The summed E-state index contributed by atoms with van der Waals surface area (Å²) in [6.45, 7) is 0. The van der Waals surface area contributed by atoms with Crippen molar-refractivity contribution in [2.75, 3.05) is 0 Å². The first kappa shape index (κ1) is 13.5. The summed E-state index contributed by atoms with van der Waals surface area (Å²) in [5.41, 5.74) is 8.52. The van der Waals surface area contributed by atoms with Gasteiger partial charge in [0.15, 0.2) is 17.2 Å². The number of rotatable bonds is 3. The molecule has 10 heteroatoms. The van der Waals surface area contributed by atoms with Gasteiger partial charge in [0, 0.05) is 14.1 Å². The number of carbonyl (C=O) groups is 2. The average Bonchev–Trinajstić information content (AvgIpc) is 2.73. The highest BCUT2D eigenvalue weighted by atomic mass is 16.2. The molecule has 0 radical (unpaired) electrons. The van der Waals surface area contributed by atoms with Crippen molar-refractivity contribution in [3.63, 3.8) is 0 Å². The predicted octanol–water partition coefficient (Wildman–Crippen LogP) is -3.05. The van der Waals surface area contributed by atoms with Crippen molar-refractivity contribution in [1.82, 2.24) is 18.7 Å². The maximum Gasteiger partial charge on any atom is 0.333 e. The van der Waals surface area contributed by atoms with Crippen molar-refractivity contribution >= 4 is 23.0 Å². The van der Waals surface area contributed by atoms with Crippen LogP contribution >= 0.6 is 0 Å². The van der Waals surface area contributed by atoms with Gasteiger partial charge in [0.1, 0.15) is 0 Å². The first-order valence-corrected chi connectivity index (χ1v) is 5.48. The van der Waals surface area contributed by atoms with E-state index in [1.54, 1.807) is 0 Å². The molecule has 2 amide bonds. The second-order valence-corrected chi connectivity index (χ2v) is 4.25. The summed E-state index contributed by atoms with van der Waals surface area (Å²) in [7, 11) is 2.89. The van der Waals surface area contributed by atoms with Crippen LogP contribution in [0.1, 0.15) is 6.04 Å². The number of nitrogens with two attached hydrogens (primary N) is 2. The minimum Gasteiger partial charge on any atom is -0.367 e. The van der Waals surface area contributed by atoms with Crippen molar-refractivity contribution in [3.8, 4) is 0 Å². The van der Waals surface area contributed by atoms with Crippen molar-refractivity contribution in [3.05, 3.63) is 27.2 Å². The number of aromatic nitrogens is 4. The predicted molar refractivity (Wildman–Crippen MR) is 67.6 cm³/mol. The average molecular weight is 280 g/mol. The quantitative estimate of drug-likeness (QED) is 0.573. The molecule has 0 aliphatic carbocycles. The largest absolute Gasteiger partial charge is 0.367 e. The monoisotopic (exact) mass is 280 g/mol. The molecule has 0 saturated heterocycles. The molecule has 0 spiro atoms. The Morgan fingerprint density at radius 3 is 2.25 bits per heavy atom. The van der Waals surface area contributed by atoms with Gasteiger partial charge >= 0.3 is 5.69 Å². The number of hydrogen-bond acceptors (Lipinski definition) is 5. The fraction of sp³-hybridized carbons (Fsp3) is 0.300. The van der Waals surface area contributed by atoms with Crippen LogP contribution in [0, 0.1) is 0 Å². The second-order valence-electron chi connectivity index (χ2n) is 4.25. The van der Waals surface area contributed by atoms with Crippen LogP contribution < -0.4 is 22.7 Å². The molecule has 0 aliphatic heterocycles. The number of hydrogen-bond donors (Lipinski definition) is 2. The summed E-state index contributed by atoms with van der Waals surface area (Å²) in [6.07, 6.45) is 1.33. The molecule has 106 valence electrons. The number of aryl methyl sites for hydroxylation is 2. The molecule has 0 aliphatic rings. The molecule has 2 aromatic rings. The Balaban J connectivity index is 3.01. The number of fused-ring (bicyclic) bond motifs is 1. The standard InChI is InChI=1S/C10H12N6O4/c1-14-3-13-8-5(14)9(19)16(10(20)15(8)2)4(6(11)17)7(12)18/h3-4H,1-2H3,(H2,11,17)(H2,12,18). The van der Waals surface area contributed by atoms with Gasteiger partial charge < -0.3 is 16.0 Å². The molecule has 2 heterocycles. The van der Waals surface area contributed by atoms with Crippen LogP contribution in [-0.2, 0) is 23.7 Å². The van der Waals surface area contributed by atoms with Crippen LogP contribution in [0.5, 0.6) is 0 Å². The minimum absolute atomic E-state index is 0.0552. The Bertz CT molecular complexity index is 828. The number of primary amides is 2. The molecule has 2 aromatic heterocycles. The van der Waals surface area contributed by atoms with Crippen LogP contribution in [0.3, 0.4) is 0 Å². The van der Waals surface area contributed by atoms with Gasteiger partial charge in [-0.1, -0.05) is 0 Å². The summed E-state index contributed by atoms with van der Waals surface area (Å²) in [4.78, 5) is 51.0. The summed E-state index contributed by atoms with van der Waals surface area (Å²) in [6, 6.07) is -1.85. The zero-order valence-electron chi connectivity index (χ0n) is 10.7. The third-order valence-electron chi connectivity index (χ3n) is 2.95. The highest BCUT2D eigenvalue weighted by molar-refractivity contribution is 6.01. The molecular formula is C10H12N6O4. The van der Waals surface area contributed by atoms with E-state index in [9.17, 15) is 19.2 Å². The van der Waals surface area contributed by atoms with E-state index in [-0.39, 0.29) is 11.2 Å². The third-order valence-corrected chi connectivity index (χ3v) is 2.95. The first-order chi connectivity index (χ1) is 9.27. The van der Waals surface area contributed by atoms with Gasteiger partial charge in [-0.05, 0) is 0 Å². The molecule has 0 bridgehead atoms. The van der Waals surface area contributed by atoms with E-state index in [2.05, 4.69) is 4.98 Å². The fourth-order valence-corrected chi connectivity index (χ4v) is 1.99. The number of imidazole rings is 1. The lowest BCUT2D eigenvalue weighted by molar-refractivity contribution is -0.130. The maximum absolute atomic E-state index is 12.3. The highest BCUT2D eigenvalue weighted by Gasteiger charge is 2.29. The third kappa shape index (κ3) is 1.69. The van der Waals surface area contributed by atoms with Gasteiger partial charge in [0.2, 0.25) is 0 Å². The summed E-state index contributed by atoms with van der Waals surface area (Å²) in [5, 5.41) is 0. The van der Waals surface area contributed by atoms with E-state index >= 15 is 0 Å². The van der Waals surface area contributed by atoms with E-state index in [1.165, 1.54) is 25.0 Å². The number of amides is 2. The summed E-state index contributed by atoms with van der Waals surface area (Å²) >= 11 is 0. The van der Waals surface area contributed by atoms with Gasteiger partial charge in [-0.3, -0.25) is 19.0 Å². The van der Waals surface area contributed by atoms with Gasteiger partial charge in [-0.25, -0.2) is 14.3 Å². The van der Waals surface area contributed by atoms with Crippen LogP contribution in [0.4, 0.5) is 0 Å². The zero-order chi connectivity index (χ0) is 15.2. The van der Waals surface area contributed by atoms with Crippen LogP contribution in [0.2, 0.25) is 0 Å². The molecular weight excluding hydrogens is 268 g/mol. The van der Waals surface area contributed by atoms with Crippen molar-refractivity contribution in [2.45, 2.75) is 6.04 Å². The van der Waals surface area contributed by atoms with Gasteiger partial charge in [-0.15, -0.1) is 0 Å². The van der Waals surface area contributed by atoms with Gasteiger partial charge in [0.25, 0.3) is 17.4 Å². The molecule has 0 aromatic carbocycles. The van der Waals surface area contributed by atoms with Gasteiger partial charge in [-0.2, -0.15) is 0 Å². The van der Waals surface area contributed by atoms with Crippen molar-refractivity contribution in [1.29, 1.82) is 0 Å².